The van der Waals surface area contributed by atoms with Crippen molar-refractivity contribution >= 4 is 5.96 Å². The van der Waals surface area contributed by atoms with Gasteiger partial charge in [0.25, 0.3) is 0 Å². The van der Waals surface area contributed by atoms with Crippen LogP contribution in [0.4, 0.5) is 13.2 Å². The Hall–Kier alpha value is -0.940. The predicted molar refractivity (Wildman–Crippen MR) is 45.7 cm³/mol. The summed E-state index contributed by atoms with van der Waals surface area (Å²) >= 11 is 0. The number of guanidine groups is 1. The predicted octanol–water partition coefficient (Wildman–Crippen LogP) is 1.12. The minimum Gasteiger partial charge on any atom is -0.359 e. The van der Waals surface area contributed by atoms with E-state index in [1.54, 1.807) is 7.05 Å². The van der Waals surface area contributed by atoms with Gasteiger partial charge in [-0.1, -0.05) is 0 Å². The lowest BCUT2D eigenvalue weighted by molar-refractivity contribution is -0.138. The highest BCUT2D eigenvalue weighted by molar-refractivity contribution is 5.79. The molecule has 0 bridgehead atoms. The molecule has 1 unspecified atom stereocenters. The van der Waals surface area contributed by atoms with Crippen LogP contribution in [0, 0.1) is 0 Å². The van der Waals surface area contributed by atoms with Gasteiger partial charge < -0.3 is 10.6 Å². The fourth-order valence-electron chi connectivity index (χ4n) is 0.880. The smallest absolute Gasteiger partial charge is 0.359 e. The normalized spacial score (nSPS) is 15.4. The van der Waals surface area contributed by atoms with E-state index in [1.165, 1.54) is 14.0 Å². The molecule has 6 heteroatoms. The van der Waals surface area contributed by atoms with E-state index in [2.05, 4.69) is 15.6 Å². The van der Waals surface area contributed by atoms with E-state index >= 15 is 0 Å². The molecule has 0 aromatic heterocycles. The van der Waals surface area contributed by atoms with Crippen molar-refractivity contribution in [3.8, 4) is 0 Å². The summed E-state index contributed by atoms with van der Waals surface area (Å²) in [4.78, 5) is 3.70. The van der Waals surface area contributed by atoms with Crippen LogP contribution in [-0.2, 0) is 0 Å². The summed E-state index contributed by atoms with van der Waals surface area (Å²) in [7, 11) is 3.09. The lowest BCUT2D eigenvalue weighted by Gasteiger charge is -2.17. The minimum atomic E-state index is -4.14. The van der Waals surface area contributed by atoms with Crippen LogP contribution in [0.5, 0.6) is 0 Å². The maximum absolute atomic E-state index is 11.9. The molecule has 0 aliphatic heterocycles. The molecular weight excluding hydrogens is 183 g/mol. The first kappa shape index (κ1) is 12.1. The van der Waals surface area contributed by atoms with E-state index in [0.29, 0.717) is 5.96 Å². The molecule has 0 saturated heterocycles. The molecule has 0 aliphatic rings. The zero-order valence-electron chi connectivity index (χ0n) is 7.87. The van der Waals surface area contributed by atoms with Gasteiger partial charge in [-0.25, -0.2) is 0 Å². The molecule has 0 fully saturated rings. The quantitative estimate of drug-likeness (QED) is 0.514. The maximum Gasteiger partial charge on any atom is 0.391 e. The molecule has 0 rings (SSSR count). The molecule has 1 atom stereocenters. The number of rotatable bonds is 2. The van der Waals surface area contributed by atoms with Crippen molar-refractivity contribution in [2.24, 2.45) is 4.99 Å². The summed E-state index contributed by atoms with van der Waals surface area (Å²) in [6, 6.07) is -0.675. The van der Waals surface area contributed by atoms with Gasteiger partial charge in [0.1, 0.15) is 0 Å². The summed E-state index contributed by atoms with van der Waals surface area (Å²) in [5.74, 6) is 0.358. The van der Waals surface area contributed by atoms with Gasteiger partial charge in [-0.3, -0.25) is 4.99 Å². The molecule has 0 amide bonds. The first-order valence-electron chi connectivity index (χ1n) is 3.87. The fraction of sp³-hybridized carbons (Fsp3) is 0.857. The first-order chi connectivity index (χ1) is 5.89. The molecule has 0 aromatic carbocycles. The second-order valence-electron chi connectivity index (χ2n) is 2.69. The molecule has 0 saturated carbocycles. The van der Waals surface area contributed by atoms with Crippen LogP contribution in [0.25, 0.3) is 0 Å². The SMILES string of the molecule is CN=C(NC)NC(C)CC(F)(F)F. The summed E-state index contributed by atoms with van der Waals surface area (Å²) in [6.07, 6.45) is -5.01. The number of nitrogens with one attached hydrogen (secondary N) is 2. The second-order valence-corrected chi connectivity index (χ2v) is 2.69. The number of halogens is 3. The number of alkyl halides is 3. The number of aliphatic imine (C=N–C) groups is 1. The Morgan fingerprint density at radius 3 is 2.31 bits per heavy atom. The van der Waals surface area contributed by atoms with Gasteiger partial charge in [0.05, 0.1) is 6.42 Å². The molecule has 0 aromatic rings. The second kappa shape index (κ2) is 4.94. The highest BCUT2D eigenvalue weighted by Gasteiger charge is 2.30. The molecule has 3 nitrogen and oxygen atoms in total. The van der Waals surface area contributed by atoms with Crippen LogP contribution >= 0.6 is 0 Å². The Morgan fingerprint density at radius 2 is 2.00 bits per heavy atom. The highest BCUT2D eigenvalue weighted by atomic mass is 19.4. The number of hydrogen-bond acceptors (Lipinski definition) is 1. The molecular formula is C7H14F3N3. The van der Waals surface area contributed by atoms with Gasteiger partial charge in [0.15, 0.2) is 5.96 Å². The Labute approximate surface area is 75.4 Å². The third kappa shape index (κ3) is 6.24. The first-order valence-corrected chi connectivity index (χ1v) is 3.87. The standard InChI is InChI=1S/C7H14F3N3/c1-5(4-7(8,9)10)13-6(11-2)12-3/h5H,4H2,1-3H3,(H2,11,12,13). The van der Waals surface area contributed by atoms with Crippen molar-refractivity contribution in [3.63, 3.8) is 0 Å². The Bertz CT molecular complexity index is 176. The van der Waals surface area contributed by atoms with Crippen molar-refractivity contribution in [2.45, 2.75) is 25.6 Å². The Balaban J connectivity index is 3.94. The van der Waals surface area contributed by atoms with E-state index in [1.807, 2.05) is 0 Å². The van der Waals surface area contributed by atoms with E-state index < -0.39 is 18.6 Å². The van der Waals surface area contributed by atoms with Gasteiger partial charge in [0.2, 0.25) is 0 Å². The van der Waals surface area contributed by atoms with Crippen LogP contribution in [0.15, 0.2) is 4.99 Å². The Morgan fingerprint density at radius 1 is 1.46 bits per heavy atom. The molecule has 13 heavy (non-hydrogen) atoms. The van der Waals surface area contributed by atoms with Crippen LogP contribution in [0.1, 0.15) is 13.3 Å². The molecule has 0 aliphatic carbocycles. The van der Waals surface area contributed by atoms with Crippen LogP contribution in [-0.4, -0.2) is 32.3 Å². The molecule has 2 N–H and O–H groups in total. The third-order valence-corrected chi connectivity index (χ3v) is 1.38. The minimum absolute atomic E-state index is 0.358. The van der Waals surface area contributed by atoms with E-state index in [-0.39, 0.29) is 0 Å². The lowest BCUT2D eigenvalue weighted by atomic mass is 10.2. The monoisotopic (exact) mass is 197 g/mol. The summed E-state index contributed by atoms with van der Waals surface area (Å²) in [5, 5.41) is 5.23. The van der Waals surface area contributed by atoms with Crippen LogP contribution in [0.3, 0.4) is 0 Å². The van der Waals surface area contributed by atoms with Crippen molar-refractivity contribution in [1.29, 1.82) is 0 Å². The molecule has 0 radical (unpaired) electrons. The Kier molecular flexibility index (Phi) is 4.58. The largest absolute Gasteiger partial charge is 0.391 e. The van der Waals surface area contributed by atoms with E-state index in [0.717, 1.165) is 0 Å². The number of nitrogens with zero attached hydrogens (tertiary/aromatic N) is 1. The summed E-state index contributed by atoms with van der Waals surface area (Å²) in [6.45, 7) is 1.45. The zero-order valence-corrected chi connectivity index (χ0v) is 7.87. The zero-order chi connectivity index (χ0) is 10.5. The molecule has 0 spiro atoms. The average Bonchev–Trinajstić information content (AvgIpc) is 1.96. The van der Waals surface area contributed by atoms with Crippen molar-refractivity contribution in [2.75, 3.05) is 14.1 Å². The summed E-state index contributed by atoms with van der Waals surface area (Å²) in [5.41, 5.74) is 0. The highest BCUT2D eigenvalue weighted by Crippen LogP contribution is 2.21. The van der Waals surface area contributed by atoms with E-state index in [4.69, 9.17) is 0 Å². The van der Waals surface area contributed by atoms with Crippen LogP contribution < -0.4 is 10.6 Å². The van der Waals surface area contributed by atoms with Gasteiger partial charge in [0, 0.05) is 20.1 Å². The third-order valence-electron chi connectivity index (χ3n) is 1.38. The van der Waals surface area contributed by atoms with Crippen molar-refractivity contribution < 1.29 is 13.2 Å². The molecule has 0 heterocycles. The van der Waals surface area contributed by atoms with Gasteiger partial charge in [-0.2, -0.15) is 13.2 Å². The van der Waals surface area contributed by atoms with Crippen molar-refractivity contribution in [1.82, 2.24) is 10.6 Å². The number of hydrogen-bond donors (Lipinski definition) is 2. The van der Waals surface area contributed by atoms with E-state index in [9.17, 15) is 13.2 Å². The fourth-order valence-corrected chi connectivity index (χ4v) is 0.880. The topological polar surface area (TPSA) is 36.4 Å². The van der Waals surface area contributed by atoms with Gasteiger partial charge >= 0.3 is 6.18 Å². The maximum atomic E-state index is 11.9. The lowest BCUT2D eigenvalue weighted by Crippen LogP contribution is -2.42. The molecule has 78 valence electrons. The van der Waals surface area contributed by atoms with Gasteiger partial charge in [-0.05, 0) is 6.92 Å². The van der Waals surface area contributed by atoms with Crippen LogP contribution in [0.2, 0.25) is 0 Å². The van der Waals surface area contributed by atoms with Gasteiger partial charge in [-0.15, -0.1) is 0 Å². The van der Waals surface area contributed by atoms with Crippen molar-refractivity contribution in [3.05, 3.63) is 0 Å². The summed E-state index contributed by atoms with van der Waals surface area (Å²) < 4.78 is 35.6. The average molecular weight is 197 g/mol.